The molecule has 0 bridgehead atoms. The molecule has 2 aromatic carbocycles. The van der Waals surface area contributed by atoms with Crippen LogP contribution in [0.2, 0.25) is 0 Å². The van der Waals surface area contributed by atoms with E-state index in [1.165, 1.54) is 9.58 Å². The summed E-state index contributed by atoms with van der Waals surface area (Å²) in [5, 5.41) is 8.21. The molecule has 1 aromatic heterocycles. The first-order valence-electron chi connectivity index (χ1n) is 10.8. The van der Waals surface area contributed by atoms with Crippen LogP contribution in [0.4, 0.5) is 21.1 Å². The van der Waals surface area contributed by atoms with Gasteiger partial charge in [0.25, 0.3) is 0 Å². The van der Waals surface area contributed by atoms with Crippen LogP contribution < -0.4 is 10.2 Å². The third-order valence-corrected chi connectivity index (χ3v) is 4.70. The summed E-state index contributed by atoms with van der Waals surface area (Å²) in [5.74, 6) is 0.303. The molecule has 0 saturated carbocycles. The van der Waals surface area contributed by atoms with Crippen molar-refractivity contribution in [3.63, 3.8) is 0 Å². The van der Waals surface area contributed by atoms with Crippen molar-refractivity contribution in [2.75, 3.05) is 24.3 Å². The molecule has 0 spiro atoms. The average molecular weight is 453 g/mol. The number of hydrogen-bond acceptors (Lipinski definition) is 6. The fraction of sp³-hybridized carbons (Fsp3) is 0.400. The second kappa shape index (κ2) is 8.77. The number of benzene rings is 2. The number of amides is 1. The lowest BCUT2D eigenvalue weighted by atomic mass is 10.0. The molecule has 3 rings (SSSR count). The summed E-state index contributed by atoms with van der Waals surface area (Å²) in [6, 6.07) is 13.6. The van der Waals surface area contributed by atoms with E-state index in [1.54, 1.807) is 54.7 Å². The minimum atomic E-state index is -0.694. The predicted octanol–water partition coefficient (Wildman–Crippen LogP) is 5.90. The lowest BCUT2D eigenvalue weighted by molar-refractivity contribution is 0.0516. The zero-order valence-corrected chi connectivity index (χ0v) is 20.5. The van der Waals surface area contributed by atoms with E-state index in [1.807, 2.05) is 43.4 Å². The number of ether oxygens (including phenoxy) is 2. The van der Waals surface area contributed by atoms with Gasteiger partial charge in [0.05, 0.1) is 5.52 Å². The lowest BCUT2D eigenvalue weighted by Gasteiger charge is -2.23. The van der Waals surface area contributed by atoms with E-state index >= 15 is 0 Å². The number of carbonyl (C=O) groups is 2. The van der Waals surface area contributed by atoms with Gasteiger partial charge in [-0.15, -0.1) is 5.10 Å². The zero-order chi connectivity index (χ0) is 24.6. The Morgan fingerprint density at radius 2 is 1.58 bits per heavy atom. The summed E-state index contributed by atoms with van der Waals surface area (Å²) in [6.45, 7) is 10.8. The lowest BCUT2D eigenvalue weighted by Crippen LogP contribution is -2.34. The molecule has 1 amide bonds. The van der Waals surface area contributed by atoms with Crippen molar-refractivity contribution in [2.24, 2.45) is 0 Å². The third kappa shape index (κ3) is 5.63. The first-order chi connectivity index (χ1) is 15.3. The highest BCUT2D eigenvalue weighted by Gasteiger charge is 2.28. The maximum atomic E-state index is 12.9. The molecule has 176 valence electrons. The second-order valence-electron chi connectivity index (χ2n) is 9.82. The highest BCUT2D eigenvalue weighted by Crippen LogP contribution is 2.32. The molecule has 33 heavy (non-hydrogen) atoms. The Morgan fingerprint density at radius 3 is 2.18 bits per heavy atom. The first-order valence-corrected chi connectivity index (χ1v) is 10.8. The minimum Gasteiger partial charge on any atom is -0.443 e. The number of nitrogens with zero attached hydrogens (tertiary/aromatic N) is 3. The number of anilines is 2. The van der Waals surface area contributed by atoms with E-state index in [2.05, 4.69) is 10.4 Å². The van der Waals surface area contributed by atoms with Crippen molar-refractivity contribution < 1.29 is 19.1 Å². The predicted molar refractivity (Wildman–Crippen MR) is 131 cm³/mol. The van der Waals surface area contributed by atoms with E-state index in [-0.39, 0.29) is 0 Å². The maximum absolute atomic E-state index is 12.9. The molecular weight excluding hydrogens is 420 g/mol. The molecule has 0 unspecified atom stereocenters. The Labute approximate surface area is 194 Å². The second-order valence-corrected chi connectivity index (χ2v) is 9.82. The van der Waals surface area contributed by atoms with Crippen LogP contribution in [-0.4, -0.2) is 47.3 Å². The molecule has 0 saturated heterocycles. The monoisotopic (exact) mass is 452 g/mol. The molecule has 1 N–H and O–H groups in total. The van der Waals surface area contributed by atoms with Gasteiger partial charge in [-0.2, -0.15) is 4.68 Å². The molecule has 0 aliphatic rings. The molecule has 0 aliphatic heterocycles. The van der Waals surface area contributed by atoms with Gasteiger partial charge in [0.2, 0.25) is 0 Å². The molecule has 0 aliphatic carbocycles. The van der Waals surface area contributed by atoms with Gasteiger partial charge in [-0.1, -0.05) is 18.2 Å². The van der Waals surface area contributed by atoms with Gasteiger partial charge in [0.1, 0.15) is 11.2 Å². The van der Waals surface area contributed by atoms with Crippen LogP contribution in [0.5, 0.6) is 0 Å². The topological polar surface area (TPSA) is 85.7 Å². The summed E-state index contributed by atoms with van der Waals surface area (Å²) >= 11 is 0. The number of carbonyl (C=O) groups excluding carboxylic acids is 2. The quantitative estimate of drug-likeness (QED) is 0.532. The van der Waals surface area contributed by atoms with Gasteiger partial charge in [-0.3, -0.25) is 4.90 Å². The van der Waals surface area contributed by atoms with Gasteiger partial charge >= 0.3 is 12.2 Å². The first kappa shape index (κ1) is 24.1. The van der Waals surface area contributed by atoms with Crippen LogP contribution in [0.1, 0.15) is 41.5 Å². The zero-order valence-electron chi connectivity index (χ0n) is 20.5. The molecule has 3 aromatic rings. The molecule has 0 atom stereocenters. The van der Waals surface area contributed by atoms with E-state index in [4.69, 9.17) is 9.47 Å². The Morgan fingerprint density at radius 1 is 0.939 bits per heavy atom. The minimum absolute atomic E-state index is 0.303. The van der Waals surface area contributed by atoms with Crippen molar-refractivity contribution in [3.8, 4) is 11.1 Å². The highest BCUT2D eigenvalue weighted by molar-refractivity contribution is 6.03. The van der Waals surface area contributed by atoms with Crippen LogP contribution in [0, 0.1) is 0 Å². The van der Waals surface area contributed by atoms with Gasteiger partial charge < -0.3 is 14.8 Å². The van der Waals surface area contributed by atoms with Crippen molar-refractivity contribution in [3.05, 3.63) is 42.5 Å². The average Bonchev–Trinajstić information content (AvgIpc) is 3.09. The van der Waals surface area contributed by atoms with E-state index in [0.29, 0.717) is 16.7 Å². The summed E-state index contributed by atoms with van der Waals surface area (Å²) in [7, 11) is 3.44. The summed E-state index contributed by atoms with van der Waals surface area (Å²) < 4.78 is 12.2. The largest absolute Gasteiger partial charge is 0.443 e. The summed E-state index contributed by atoms with van der Waals surface area (Å²) in [5.41, 5.74) is 2.04. The Balaban J connectivity index is 2.15. The number of aromatic nitrogens is 2. The van der Waals surface area contributed by atoms with Crippen LogP contribution in [0.3, 0.4) is 0 Å². The van der Waals surface area contributed by atoms with Crippen molar-refractivity contribution >= 4 is 34.6 Å². The van der Waals surface area contributed by atoms with Gasteiger partial charge in [-0.05, 0) is 76.9 Å². The fourth-order valence-corrected chi connectivity index (χ4v) is 3.25. The number of hydrogen-bond donors (Lipinski definition) is 1. The summed E-state index contributed by atoms with van der Waals surface area (Å²) in [4.78, 5) is 27.0. The van der Waals surface area contributed by atoms with Crippen LogP contribution in [0.25, 0.3) is 22.0 Å². The number of nitrogens with one attached hydrogen (secondary N) is 1. The Bertz CT molecular complexity index is 1190. The van der Waals surface area contributed by atoms with E-state index < -0.39 is 23.4 Å². The SMILES string of the molecule is CNc1cccc(-c2ccc3c(c2)c(N(C)C(=O)OC(C)(C)C)nn3C(=O)OC(C)(C)C)c1. The van der Waals surface area contributed by atoms with E-state index in [0.717, 1.165) is 16.8 Å². The highest BCUT2D eigenvalue weighted by atomic mass is 16.6. The fourth-order valence-electron chi connectivity index (χ4n) is 3.25. The van der Waals surface area contributed by atoms with Gasteiger partial charge in [-0.25, -0.2) is 9.59 Å². The van der Waals surface area contributed by atoms with Crippen molar-refractivity contribution in [2.45, 2.75) is 52.7 Å². The van der Waals surface area contributed by atoms with Crippen molar-refractivity contribution in [1.82, 2.24) is 9.78 Å². The maximum Gasteiger partial charge on any atom is 0.435 e. The molecule has 8 nitrogen and oxygen atoms in total. The van der Waals surface area contributed by atoms with Gasteiger partial charge in [0.15, 0.2) is 5.82 Å². The summed E-state index contributed by atoms with van der Waals surface area (Å²) in [6.07, 6.45) is -1.19. The molecule has 0 fully saturated rings. The molecule has 0 radical (unpaired) electrons. The molecule has 1 heterocycles. The third-order valence-electron chi connectivity index (χ3n) is 4.70. The molecular formula is C25H32N4O4. The van der Waals surface area contributed by atoms with Crippen LogP contribution in [-0.2, 0) is 9.47 Å². The van der Waals surface area contributed by atoms with Gasteiger partial charge in [0, 0.05) is 25.2 Å². The smallest absolute Gasteiger partial charge is 0.435 e. The number of fused-ring (bicyclic) bond motifs is 1. The van der Waals surface area contributed by atoms with Crippen molar-refractivity contribution in [1.29, 1.82) is 0 Å². The number of rotatable bonds is 3. The Hall–Kier alpha value is -3.55. The van der Waals surface area contributed by atoms with Crippen LogP contribution in [0.15, 0.2) is 42.5 Å². The normalized spacial score (nSPS) is 11.9. The Kier molecular flexibility index (Phi) is 6.40. The molecule has 8 heteroatoms. The van der Waals surface area contributed by atoms with Crippen LogP contribution >= 0.6 is 0 Å². The standard InChI is InChI=1S/C25H32N4O4/c1-24(2,3)32-22(30)28(8)21-19-15-17(16-10-9-11-18(14-16)26-7)12-13-20(19)29(27-21)23(31)33-25(4,5)6/h9-15,26H,1-8H3. The van der Waals surface area contributed by atoms with E-state index in [9.17, 15) is 9.59 Å².